The van der Waals surface area contributed by atoms with Crippen molar-refractivity contribution in [1.29, 1.82) is 0 Å². The molecule has 0 aliphatic rings. The van der Waals surface area contributed by atoms with Crippen LogP contribution in [-0.4, -0.2) is 28.4 Å². The van der Waals surface area contributed by atoms with Crippen molar-refractivity contribution < 1.29 is 24.4 Å². The van der Waals surface area contributed by atoms with Crippen molar-refractivity contribution in [2.24, 2.45) is 0 Å². The van der Waals surface area contributed by atoms with Crippen LogP contribution in [0.15, 0.2) is 42.5 Å². The zero-order valence-corrected chi connectivity index (χ0v) is 12.2. The molecule has 0 heterocycles. The normalized spacial score (nSPS) is 10.1. The van der Waals surface area contributed by atoms with Gasteiger partial charge in [-0.2, -0.15) is 0 Å². The van der Waals surface area contributed by atoms with Crippen molar-refractivity contribution >= 4 is 17.4 Å². The average molecular weight is 315 g/mol. The molecule has 2 rings (SSSR count). The number of Topliss-reactive ketones (excluding diaryl/α,β-unsaturated/α-hetero) is 1. The largest absolute Gasteiger partial charge is 0.508 e. The molecule has 1 N–H and O–H groups in total. The van der Waals surface area contributed by atoms with Gasteiger partial charge >= 0.3 is 5.97 Å². The van der Waals surface area contributed by atoms with E-state index in [1.807, 2.05) is 0 Å². The van der Waals surface area contributed by atoms with Gasteiger partial charge in [0.1, 0.15) is 5.75 Å². The molecule has 118 valence electrons. The maximum Gasteiger partial charge on any atom is 0.338 e. The van der Waals surface area contributed by atoms with Crippen LogP contribution >= 0.6 is 0 Å². The number of carbonyl (C=O) groups excluding carboxylic acids is 2. The smallest absolute Gasteiger partial charge is 0.338 e. The van der Waals surface area contributed by atoms with E-state index >= 15 is 0 Å². The van der Waals surface area contributed by atoms with Gasteiger partial charge in [0.15, 0.2) is 6.61 Å². The molecule has 0 spiro atoms. The first-order valence-corrected chi connectivity index (χ1v) is 6.63. The number of nitrogens with zero attached hydrogens (tertiary/aromatic N) is 1. The van der Waals surface area contributed by atoms with Crippen LogP contribution in [-0.2, 0) is 4.74 Å². The van der Waals surface area contributed by atoms with Gasteiger partial charge in [0.2, 0.25) is 5.78 Å². The third kappa shape index (κ3) is 3.91. The SMILES string of the molecule is Cc1ccc(C(=O)COC(=O)c2cccc(O)c2)cc1[N+](=O)[O-]. The van der Waals surface area contributed by atoms with E-state index in [9.17, 15) is 24.8 Å². The van der Waals surface area contributed by atoms with Gasteiger partial charge in [-0.25, -0.2) is 4.79 Å². The third-order valence-corrected chi connectivity index (χ3v) is 3.14. The van der Waals surface area contributed by atoms with Crippen molar-refractivity contribution in [3.8, 4) is 5.75 Å². The van der Waals surface area contributed by atoms with E-state index < -0.39 is 23.3 Å². The summed E-state index contributed by atoms with van der Waals surface area (Å²) in [4.78, 5) is 34.0. The predicted molar refractivity (Wildman–Crippen MR) is 80.6 cm³/mol. The van der Waals surface area contributed by atoms with E-state index in [0.29, 0.717) is 5.56 Å². The number of carbonyl (C=O) groups is 2. The molecular weight excluding hydrogens is 302 g/mol. The Hall–Kier alpha value is -3.22. The zero-order chi connectivity index (χ0) is 17.0. The van der Waals surface area contributed by atoms with Gasteiger partial charge in [-0.05, 0) is 25.1 Å². The molecule has 0 aliphatic carbocycles. The second-order valence-electron chi connectivity index (χ2n) is 4.81. The summed E-state index contributed by atoms with van der Waals surface area (Å²) in [6, 6.07) is 9.56. The van der Waals surface area contributed by atoms with Crippen LogP contribution in [0.25, 0.3) is 0 Å². The molecule has 0 atom stereocenters. The second kappa shape index (κ2) is 6.69. The molecule has 0 aliphatic heterocycles. The van der Waals surface area contributed by atoms with Crippen LogP contribution in [0.4, 0.5) is 5.69 Å². The van der Waals surface area contributed by atoms with Gasteiger partial charge < -0.3 is 9.84 Å². The van der Waals surface area contributed by atoms with Crippen molar-refractivity contribution in [2.75, 3.05) is 6.61 Å². The molecular formula is C16H13NO6. The summed E-state index contributed by atoms with van der Waals surface area (Å²) in [5, 5.41) is 20.2. The lowest BCUT2D eigenvalue weighted by Crippen LogP contribution is -2.14. The molecule has 0 fully saturated rings. The van der Waals surface area contributed by atoms with E-state index in [-0.39, 0.29) is 22.6 Å². The second-order valence-corrected chi connectivity index (χ2v) is 4.81. The summed E-state index contributed by atoms with van der Waals surface area (Å²) in [7, 11) is 0. The molecule has 0 radical (unpaired) electrons. The lowest BCUT2D eigenvalue weighted by atomic mass is 10.1. The molecule has 0 saturated heterocycles. The van der Waals surface area contributed by atoms with Crippen LogP contribution in [0.2, 0.25) is 0 Å². The number of phenolic OH excluding ortho intramolecular Hbond substituents is 1. The number of ether oxygens (including phenoxy) is 1. The van der Waals surface area contributed by atoms with Crippen molar-refractivity contribution in [2.45, 2.75) is 6.92 Å². The highest BCUT2D eigenvalue weighted by Gasteiger charge is 2.17. The third-order valence-electron chi connectivity index (χ3n) is 3.14. The number of hydrogen-bond donors (Lipinski definition) is 1. The first kappa shape index (κ1) is 16.2. The van der Waals surface area contributed by atoms with Crippen LogP contribution in [0.1, 0.15) is 26.3 Å². The Labute approximate surface area is 131 Å². The summed E-state index contributed by atoms with van der Waals surface area (Å²) in [6.45, 7) is 1.02. The minimum Gasteiger partial charge on any atom is -0.508 e. The molecule has 0 bridgehead atoms. The first-order valence-electron chi connectivity index (χ1n) is 6.63. The van der Waals surface area contributed by atoms with E-state index in [2.05, 4.69) is 0 Å². The Morgan fingerprint density at radius 2 is 1.91 bits per heavy atom. The van der Waals surface area contributed by atoms with E-state index in [1.54, 1.807) is 6.92 Å². The number of benzene rings is 2. The Morgan fingerprint density at radius 1 is 1.17 bits per heavy atom. The fourth-order valence-electron chi connectivity index (χ4n) is 1.91. The van der Waals surface area contributed by atoms with E-state index in [0.717, 1.165) is 6.07 Å². The lowest BCUT2D eigenvalue weighted by molar-refractivity contribution is -0.385. The predicted octanol–water partition coefficient (Wildman–Crippen LogP) is 2.65. The maximum atomic E-state index is 12.0. The standard InChI is InChI=1S/C16H13NO6/c1-10-5-6-11(8-14(10)17(21)22)15(19)9-23-16(20)12-3-2-4-13(18)7-12/h2-8,18H,9H2,1H3. The number of aromatic hydroxyl groups is 1. The number of rotatable bonds is 5. The number of ketones is 1. The van der Waals surface area contributed by atoms with Gasteiger partial charge in [-0.3, -0.25) is 14.9 Å². The highest BCUT2D eigenvalue weighted by atomic mass is 16.6. The quantitative estimate of drug-likeness (QED) is 0.393. The molecule has 23 heavy (non-hydrogen) atoms. The first-order chi connectivity index (χ1) is 10.9. The summed E-state index contributed by atoms with van der Waals surface area (Å²) in [6.07, 6.45) is 0. The van der Waals surface area contributed by atoms with Crippen LogP contribution < -0.4 is 0 Å². The number of esters is 1. The number of nitro groups is 1. The van der Waals surface area contributed by atoms with Crippen molar-refractivity contribution in [1.82, 2.24) is 0 Å². The molecule has 0 aromatic heterocycles. The van der Waals surface area contributed by atoms with Crippen LogP contribution in [0.3, 0.4) is 0 Å². The van der Waals surface area contributed by atoms with Crippen molar-refractivity contribution in [3.63, 3.8) is 0 Å². The highest BCUT2D eigenvalue weighted by Crippen LogP contribution is 2.19. The maximum absolute atomic E-state index is 12.0. The lowest BCUT2D eigenvalue weighted by Gasteiger charge is -2.05. The number of phenols is 1. The van der Waals surface area contributed by atoms with Gasteiger partial charge in [-0.15, -0.1) is 0 Å². The molecule has 2 aromatic carbocycles. The summed E-state index contributed by atoms with van der Waals surface area (Å²) in [5.41, 5.74) is 0.456. The number of nitro benzene ring substituents is 1. The van der Waals surface area contributed by atoms with E-state index in [1.165, 1.54) is 36.4 Å². The van der Waals surface area contributed by atoms with Gasteiger partial charge in [-0.1, -0.05) is 18.2 Å². The summed E-state index contributed by atoms with van der Waals surface area (Å²) < 4.78 is 4.86. The van der Waals surface area contributed by atoms with Gasteiger partial charge in [0, 0.05) is 17.2 Å². The Balaban J connectivity index is 2.06. The molecule has 0 unspecified atom stereocenters. The minimum absolute atomic E-state index is 0.0889. The molecule has 7 nitrogen and oxygen atoms in total. The van der Waals surface area contributed by atoms with Crippen LogP contribution in [0, 0.1) is 17.0 Å². The van der Waals surface area contributed by atoms with Gasteiger partial charge in [0.05, 0.1) is 10.5 Å². The van der Waals surface area contributed by atoms with E-state index in [4.69, 9.17) is 4.74 Å². The number of aryl methyl sites for hydroxylation is 1. The summed E-state index contributed by atoms with van der Waals surface area (Å²) in [5.74, 6) is -1.42. The molecule has 2 aromatic rings. The molecule has 0 saturated carbocycles. The van der Waals surface area contributed by atoms with Crippen molar-refractivity contribution in [3.05, 3.63) is 69.3 Å². The highest BCUT2D eigenvalue weighted by molar-refractivity contribution is 5.99. The zero-order valence-electron chi connectivity index (χ0n) is 12.2. The Bertz CT molecular complexity index is 784. The average Bonchev–Trinajstić information content (AvgIpc) is 2.52. The fraction of sp³-hybridized carbons (Fsp3) is 0.125. The fourth-order valence-corrected chi connectivity index (χ4v) is 1.91. The monoisotopic (exact) mass is 315 g/mol. The van der Waals surface area contributed by atoms with Gasteiger partial charge in [0.25, 0.3) is 5.69 Å². The van der Waals surface area contributed by atoms with Crippen LogP contribution in [0.5, 0.6) is 5.75 Å². The Kier molecular flexibility index (Phi) is 4.70. The Morgan fingerprint density at radius 3 is 2.57 bits per heavy atom. The summed E-state index contributed by atoms with van der Waals surface area (Å²) >= 11 is 0. The minimum atomic E-state index is -0.768. The topological polar surface area (TPSA) is 107 Å². The molecule has 0 amide bonds. The number of hydrogen-bond acceptors (Lipinski definition) is 6. The molecule has 7 heteroatoms.